The highest BCUT2D eigenvalue weighted by molar-refractivity contribution is 5.74. The normalized spacial score (nSPS) is 27.9. The molecular formula is C4H8N2O3. The molecule has 1 rings (SSSR count). The average Bonchev–Trinajstić information content (AvgIpc) is 1.98. The summed E-state index contributed by atoms with van der Waals surface area (Å²) in [7, 11) is 0. The number of rotatable bonds is 0. The molecule has 0 aromatic carbocycles. The van der Waals surface area contributed by atoms with Crippen molar-refractivity contribution in [2.24, 2.45) is 0 Å². The van der Waals surface area contributed by atoms with E-state index in [0.29, 0.717) is 10.1 Å². The molecule has 1 atom stereocenters. The molecule has 0 saturated carbocycles. The average molecular weight is 132 g/mol. The van der Waals surface area contributed by atoms with Gasteiger partial charge in [0.1, 0.15) is 0 Å². The van der Waals surface area contributed by atoms with Crippen molar-refractivity contribution in [3.63, 3.8) is 0 Å². The summed E-state index contributed by atoms with van der Waals surface area (Å²) in [6.07, 6.45) is 0. The lowest BCUT2D eigenvalue weighted by molar-refractivity contribution is -0.0685. The zero-order chi connectivity index (χ0) is 7.02. The first-order chi connectivity index (χ1) is 4.13. The van der Waals surface area contributed by atoms with Gasteiger partial charge in [-0.05, 0) is 6.92 Å². The van der Waals surface area contributed by atoms with Crippen LogP contribution in [0.4, 0.5) is 4.79 Å². The van der Waals surface area contributed by atoms with Gasteiger partial charge in [0.15, 0.2) is 0 Å². The first-order valence-corrected chi connectivity index (χ1v) is 2.61. The van der Waals surface area contributed by atoms with E-state index in [1.807, 2.05) is 0 Å². The molecule has 0 aromatic rings. The van der Waals surface area contributed by atoms with Crippen LogP contribution in [0.3, 0.4) is 0 Å². The van der Waals surface area contributed by atoms with Gasteiger partial charge in [-0.3, -0.25) is 10.4 Å². The highest BCUT2D eigenvalue weighted by atomic mass is 16.6. The predicted octanol–water partition coefficient (Wildman–Crippen LogP) is -0.109. The van der Waals surface area contributed by atoms with Crippen LogP contribution < -0.4 is 0 Å². The van der Waals surface area contributed by atoms with E-state index in [1.54, 1.807) is 6.92 Å². The van der Waals surface area contributed by atoms with E-state index in [-0.39, 0.29) is 12.6 Å². The molecule has 2 amide bonds. The summed E-state index contributed by atoms with van der Waals surface area (Å²) < 4.78 is 0. The van der Waals surface area contributed by atoms with E-state index in [1.165, 1.54) is 0 Å². The highest BCUT2D eigenvalue weighted by Gasteiger charge is 2.32. The maximum Gasteiger partial charge on any atom is 0.367 e. The van der Waals surface area contributed by atoms with Crippen LogP contribution in [0, 0.1) is 0 Å². The Bertz CT molecular complexity index is 138. The third-order valence-corrected chi connectivity index (χ3v) is 1.27. The van der Waals surface area contributed by atoms with Crippen molar-refractivity contribution in [1.82, 2.24) is 10.1 Å². The van der Waals surface area contributed by atoms with Gasteiger partial charge in [0, 0.05) is 0 Å². The van der Waals surface area contributed by atoms with E-state index in [0.717, 1.165) is 0 Å². The summed E-state index contributed by atoms with van der Waals surface area (Å²) >= 11 is 0. The Morgan fingerprint density at radius 1 is 1.67 bits per heavy atom. The van der Waals surface area contributed by atoms with Crippen LogP contribution >= 0.6 is 0 Å². The molecule has 0 aromatic heterocycles. The number of amides is 2. The van der Waals surface area contributed by atoms with Gasteiger partial charge in [-0.1, -0.05) is 0 Å². The number of hydrogen-bond donors (Lipinski definition) is 2. The van der Waals surface area contributed by atoms with Crippen molar-refractivity contribution in [1.29, 1.82) is 0 Å². The minimum Gasteiger partial charge on any atom is -0.284 e. The summed E-state index contributed by atoms with van der Waals surface area (Å²) in [5.41, 5.74) is 0. The third kappa shape index (κ3) is 0.839. The zero-order valence-electron chi connectivity index (χ0n) is 4.98. The summed E-state index contributed by atoms with van der Waals surface area (Å²) in [4.78, 5) is 10.5. The molecule has 5 heteroatoms. The molecule has 1 heterocycles. The lowest BCUT2D eigenvalue weighted by Crippen LogP contribution is -2.29. The molecule has 0 spiro atoms. The van der Waals surface area contributed by atoms with Crippen molar-refractivity contribution in [2.75, 3.05) is 6.54 Å². The summed E-state index contributed by atoms with van der Waals surface area (Å²) in [6.45, 7) is 1.80. The highest BCUT2D eigenvalue weighted by Crippen LogP contribution is 2.09. The van der Waals surface area contributed by atoms with E-state index >= 15 is 0 Å². The molecule has 9 heavy (non-hydrogen) atoms. The van der Waals surface area contributed by atoms with Crippen molar-refractivity contribution in [2.45, 2.75) is 13.0 Å². The Hall–Kier alpha value is -0.810. The Morgan fingerprint density at radius 3 is 2.33 bits per heavy atom. The SMILES string of the molecule is CC1CN(O)C(=O)N1O. The van der Waals surface area contributed by atoms with Crippen LogP contribution in [0.2, 0.25) is 0 Å². The van der Waals surface area contributed by atoms with Gasteiger partial charge in [-0.25, -0.2) is 9.86 Å². The van der Waals surface area contributed by atoms with Gasteiger partial charge in [-0.15, -0.1) is 0 Å². The number of urea groups is 1. The number of nitrogens with zero attached hydrogens (tertiary/aromatic N) is 2. The molecule has 2 N–H and O–H groups in total. The smallest absolute Gasteiger partial charge is 0.284 e. The first kappa shape index (κ1) is 6.31. The van der Waals surface area contributed by atoms with E-state index in [2.05, 4.69) is 0 Å². The fourth-order valence-corrected chi connectivity index (χ4v) is 0.713. The van der Waals surface area contributed by atoms with Crippen LogP contribution in [0.1, 0.15) is 6.92 Å². The Labute approximate surface area is 52.0 Å². The van der Waals surface area contributed by atoms with Crippen LogP contribution in [0.25, 0.3) is 0 Å². The monoisotopic (exact) mass is 132 g/mol. The molecule has 5 nitrogen and oxygen atoms in total. The number of carbonyl (C=O) groups excluding carboxylic acids is 1. The molecule has 1 aliphatic heterocycles. The fourth-order valence-electron chi connectivity index (χ4n) is 0.713. The van der Waals surface area contributed by atoms with Crippen LogP contribution in [-0.2, 0) is 0 Å². The van der Waals surface area contributed by atoms with Crippen LogP contribution in [0.5, 0.6) is 0 Å². The molecule has 0 radical (unpaired) electrons. The van der Waals surface area contributed by atoms with Gasteiger partial charge in [0.25, 0.3) is 0 Å². The van der Waals surface area contributed by atoms with Crippen molar-refractivity contribution < 1.29 is 15.2 Å². The summed E-state index contributed by atoms with van der Waals surface area (Å²) in [5.74, 6) is 0. The lowest BCUT2D eigenvalue weighted by atomic mass is 10.4. The van der Waals surface area contributed by atoms with Gasteiger partial charge in [0.05, 0.1) is 12.6 Å². The van der Waals surface area contributed by atoms with Gasteiger partial charge in [0.2, 0.25) is 0 Å². The second-order valence-corrected chi connectivity index (χ2v) is 2.06. The second kappa shape index (κ2) is 1.85. The van der Waals surface area contributed by atoms with E-state index in [9.17, 15) is 4.79 Å². The number of hydroxylamine groups is 4. The fraction of sp³-hybridized carbons (Fsp3) is 0.750. The molecule has 1 aliphatic rings. The number of hydrogen-bond acceptors (Lipinski definition) is 3. The Kier molecular flexibility index (Phi) is 1.30. The topological polar surface area (TPSA) is 64.0 Å². The first-order valence-electron chi connectivity index (χ1n) is 2.61. The molecule has 0 bridgehead atoms. The van der Waals surface area contributed by atoms with Gasteiger partial charge >= 0.3 is 6.03 Å². The van der Waals surface area contributed by atoms with Crippen molar-refractivity contribution in [3.05, 3.63) is 0 Å². The maximum absolute atomic E-state index is 10.5. The summed E-state index contributed by atoms with van der Waals surface area (Å²) in [6, 6.07) is -1.08. The largest absolute Gasteiger partial charge is 0.367 e. The van der Waals surface area contributed by atoms with E-state index in [4.69, 9.17) is 10.4 Å². The Balaban J connectivity index is 2.65. The quantitative estimate of drug-likeness (QED) is 0.452. The Morgan fingerprint density at radius 2 is 2.22 bits per heavy atom. The molecular weight excluding hydrogens is 124 g/mol. The minimum absolute atomic E-state index is 0.162. The molecule has 52 valence electrons. The molecule has 1 unspecified atom stereocenters. The molecule has 1 saturated heterocycles. The minimum atomic E-state index is -0.762. The summed E-state index contributed by atoms with van der Waals surface area (Å²) in [5, 5.41) is 18.3. The van der Waals surface area contributed by atoms with Crippen molar-refractivity contribution in [3.8, 4) is 0 Å². The van der Waals surface area contributed by atoms with Crippen molar-refractivity contribution >= 4 is 6.03 Å². The van der Waals surface area contributed by atoms with E-state index < -0.39 is 6.03 Å². The second-order valence-electron chi connectivity index (χ2n) is 2.06. The van der Waals surface area contributed by atoms with Crippen LogP contribution in [-0.4, -0.2) is 39.2 Å². The molecule has 1 fully saturated rings. The number of carbonyl (C=O) groups is 1. The lowest BCUT2D eigenvalue weighted by Gasteiger charge is -2.08. The van der Waals surface area contributed by atoms with Crippen LogP contribution in [0.15, 0.2) is 0 Å². The maximum atomic E-state index is 10.5. The molecule has 0 aliphatic carbocycles. The zero-order valence-corrected chi connectivity index (χ0v) is 4.98. The van der Waals surface area contributed by atoms with Gasteiger partial charge < -0.3 is 0 Å². The standard InChI is InChI=1S/C4H8N2O3/c1-3-2-5(8)4(7)6(3)9/h3,8-9H,2H2,1H3. The predicted molar refractivity (Wildman–Crippen MR) is 27.0 cm³/mol. The third-order valence-electron chi connectivity index (χ3n) is 1.27. The van der Waals surface area contributed by atoms with Gasteiger partial charge in [-0.2, -0.15) is 5.06 Å².